The molecule has 1 heterocycles. The SMILES string of the molecule is CCc1sc(C(=O)NC(C)(C)C(C)(C)C(=O)O)cc1C. The van der Waals surface area contributed by atoms with E-state index in [0.29, 0.717) is 4.88 Å². The van der Waals surface area contributed by atoms with E-state index < -0.39 is 16.9 Å². The molecule has 0 saturated heterocycles. The molecule has 1 aromatic rings. The van der Waals surface area contributed by atoms with Crippen molar-refractivity contribution in [2.75, 3.05) is 0 Å². The molecule has 0 unspecified atom stereocenters. The van der Waals surface area contributed by atoms with E-state index in [0.717, 1.165) is 12.0 Å². The van der Waals surface area contributed by atoms with Gasteiger partial charge in [-0.2, -0.15) is 0 Å². The molecule has 112 valence electrons. The van der Waals surface area contributed by atoms with Crippen molar-refractivity contribution in [1.82, 2.24) is 5.32 Å². The van der Waals surface area contributed by atoms with Gasteiger partial charge in [0, 0.05) is 4.88 Å². The van der Waals surface area contributed by atoms with Crippen LogP contribution in [0.5, 0.6) is 0 Å². The molecule has 0 bridgehead atoms. The highest BCUT2D eigenvalue weighted by Gasteiger charge is 2.44. The molecule has 0 fully saturated rings. The molecule has 0 saturated carbocycles. The molecule has 4 nitrogen and oxygen atoms in total. The first kappa shape index (κ1) is 16.7. The number of rotatable bonds is 5. The maximum Gasteiger partial charge on any atom is 0.311 e. The molecule has 1 aromatic heterocycles. The molecule has 5 heteroatoms. The number of aliphatic carboxylic acids is 1. The maximum atomic E-state index is 12.3. The van der Waals surface area contributed by atoms with Crippen molar-refractivity contribution in [3.8, 4) is 0 Å². The third-order valence-electron chi connectivity index (χ3n) is 4.09. The fourth-order valence-corrected chi connectivity index (χ4v) is 2.76. The van der Waals surface area contributed by atoms with Crippen LogP contribution in [0.3, 0.4) is 0 Å². The average molecular weight is 297 g/mol. The third kappa shape index (κ3) is 3.03. The van der Waals surface area contributed by atoms with Crippen LogP contribution in [0.4, 0.5) is 0 Å². The molecule has 0 atom stereocenters. The predicted molar refractivity (Wildman–Crippen MR) is 81.4 cm³/mol. The van der Waals surface area contributed by atoms with Crippen LogP contribution in [0.25, 0.3) is 0 Å². The second kappa shape index (κ2) is 5.56. The fourth-order valence-electron chi connectivity index (χ4n) is 1.75. The van der Waals surface area contributed by atoms with Gasteiger partial charge in [-0.3, -0.25) is 9.59 Å². The number of nitrogens with one attached hydrogen (secondary N) is 1. The number of carboxylic acids is 1. The largest absolute Gasteiger partial charge is 0.481 e. The molecule has 1 rings (SSSR count). The summed E-state index contributed by atoms with van der Waals surface area (Å²) in [6, 6.07) is 1.86. The monoisotopic (exact) mass is 297 g/mol. The zero-order chi connectivity index (χ0) is 15.7. The number of aryl methyl sites for hydroxylation is 2. The summed E-state index contributed by atoms with van der Waals surface area (Å²) in [4.78, 5) is 25.5. The van der Waals surface area contributed by atoms with Crippen LogP contribution in [-0.2, 0) is 11.2 Å². The number of carboxylic acid groups (broad SMARTS) is 1. The number of carbonyl (C=O) groups is 2. The standard InChI is InChI=1S/C15H23NO3S/c1-7-10-9(2)8-11(20-10)12(17)16-15(5,6)14(3,4)13(18)19/h8H,7H2,1-6H3,(H,16,17)(H,18,19). The van der Waals surface area contributed by atoms with E-state index >= 15 is 0 Å². The first-order valence-electron chi connectivity index (χ1n) is 6.68. The highest BCUT2D eigenvalue weighted by molar-refractivity contribution is 7.14. The Morgan fingerprint density at radius 3 is 2.25 bits per heavy atom. The lowest BCUT2D eigenvalue weighted by Gasteiger charge is -2.38. The van der Waals surface area contributed by atoms with Gasteiger partial charge in [0.2, 0.25) is 0 Å². The lowest BCUT2D eigenvalue weighted by molar-refractivity contribution is -0.150. The number of hydrogen-bond acceptors (Lipinski definition) is 3. The molecule has 0 aliphatic rings. The van der Waals surface area contributed by atoms with Gasteiger partial charge in [0.15, 0.2) is 0 Å². The van der Waals surface area contributed by atoms with Gasteiger partial charge in [0.25, 0.3) is 5.91 Å². The lowest BCUT2D eigenvalue weighted by Crippen LogP contribution is -2.56. The molecule has 0 spiro atoms. The smallest absolute Gasteiger partial charge is 0.311 e. The minimum absolute atomic E-state index is 0.211. The highest BCUT2D eigenvalue weighted by atomic mass is 32.1. The van der Waals surface area contributed by atoms with Gasteiger partial charge in [-0.1, -0.05) is 6.92 Å². The van der Waals surface area contributed by atoms with E-state index in [-0.39, 0.29) is 5.91 Å². The molecule has 0 radical (unpaired) electrons. The van der Waals surface area contributed by atoms with E-state index in [2.05, 4.69) is 12.2 Å². The van der Waals surface area contributed by atoms with E-state index in [4.69, 9.17) is 0 Å². The predicted octanol–water partition coefficient (Wildman–Crippen LogP) is 3.24. The van der Waals surface area contributed by atoms with Crippen LogP contribution in [0.1, 0.15) is 54.7 Å². The van der Waals surface area contributed by atoms with E-state index in [9.17, 15) is 14.7 Å². The maximum absolute atomic E-state index is 12.3. The Balaban J connectivity index is 2.97. The number of carbonyl (C=O) groups excluding carboxylic acids is 1. The van der Waals surface area contributed by atoms with Gasteiger partial charge in [0.1, 0.15) is 0 Å². The second-order valence-electron chi connectivity index (χ2n) is 6.08. The lowest BCUT2D eigenvalue weighted by atomic mass is 9.74. The van der Waals surface area contributed by atoms with Crippen molar-refractivity contribution in [3.05, 3.63) is 21.4 Å². The Hall–Kier alpha value is -1.36. The molecule has 2 N–H and O–H groups in total. The van der Waals surface area contributed by atoms with Gasteiger partial charge in [-0.05, 0) is 52.7 Å². The number of amides is 1. The van der Waals surface area contributed by atoms with Crippen LogP contribution >= 0.6 is 11.3 Å². The molecule has 0 aliphatic heterocycles. The first-order valence-corrected chi connectivity index (χ1v) is 7.49. The Morgan fingerprint density at radius 2 is 1.85 bits per heavy atom. The summed E-state index contributed by atoms with van der Waals surface area (Å²) >= 11 is 1.47. The highest BCUT2D eigenvalue weighted by Crippen LogP contribution is 2.31. The molecule has 0 aliphatic carbocycles. The number of thiophene rings is 1. The Morgan fingerprint density at radius 1 is 1.30 bits per heavy atom. The number of hydrogen-bond donors (Lipinski definition) is 2. The Labute approximate surface area is 124 Å². The van der Waals surface area contributed by atoms with Crippen LogP contribution in [-0.4, -0.2) is 22.5 Å². The van der Waals surface area contributed by atoms with Crippen molar-refractivity contribution in [1.29, 1.82) is 0 Å². The van der Waals surface area contributed by atoms with Gasteiger partial charge in [0.05, 0.1) is 15.8 Å². The zero-order valence-electron chi connectivity index (χ0n) is 13.0. The third-order valence-corrected chi connectivity index (χ3v) is 5.47. The van der Waals surface area contributed by atoms with Crippen molar-refractivity contribution in [2.24, 2.45) is 5.41 Å². The van der Waals surface area contributed by atoms with Crippen LogP contribution < -0.4 is 5.32 Å². The normalized spacial score (nSPS) is 12.3. The Kier molecular flexibility index (Phi) is 4.64. The summed E-state index contributed by atoms with van der Waals surface area (Å²) in [6.45, 7) is 10.7. The minimum Gasteiger partial charge on any atom is -0.481 e. The molecular weight excluding hydrogens is 274 g/mol. The van der Waals surface area contributed by atoms with Crippen LogP contribution in [0.15, 0.2) is 6.07 Å². The van der Waals surface area contributed by atoms with Gasteiger partial charge in [-0.15, -0.1) is 11.3 Å². The molecular formula is C15H23NO3S. The van der Waals surface area contributed by atoms with Crippen LogP contribution in [0, 0.1) is 12.3 Å². The zero-order valence-corrected chi connectivity index (χ0v) is 13.8. The van der Waals surface area contributed by atoms with Crippen molar-refractivity contribution in [3.63, 3.8) is 0 Å². The van der Waals surface area contributed by atoms with Gasteiger partial charge >= 0.3 is 5.97 Å². The van der Waals surface area contributed by atoms with Crippen molar-refractivity contribution < 1.29 is 14.7 Å². The van der Waals surface area contributed by atoms with Crippen molar-refractivity contribution >= 4 is 23.2 Å². The summed E-state index contributed by atoms with van der Waals surface area (Å²) in [5.41, 5.74) is -0.791. The molecule has 20 heavy (non-hydrogen) atoms. The second-order valence-corrected chi connectivity index (χ2v) is 7.22. The van der Waals surface area contributed by atoms with Crippen LogP contribution in [0.2, 0.25) is 0 Å². The topological polar surface area (TPSA) is 66.4 Å². The van der Waals surface area contributed by atoms with Crippen molar-refractivity contribution in [2.45, 2.75) is 53.5 Å². The molecule has 1 amide bonds. The van der Waals surface area contributed by atoms with E-state index in [1.807, 2.05) is 13.0 Å². The summed E-state index contributed by atoms with van der Waals surface area (Å²) in [5, 5.41) is 12.1. The Bertz CT molecular complexity index is 529. The van der Waals surface area contributed by atoms with E-state index in [1.54, 1.807) is 27.7 Å². The fraction of sp³-hybridized carbons (Fsp3) is 0.600. The van der Waals surface area contributed by atoms with E-state index in [1.165, 1.54) is 16.2 Å². The first-order chi connectivity index (χ1) is 9.02. The van der Waals surface area contributed by atoms with Gasteiger partial charge < -0.3 is 10.4 Å². The summed E-state index contributed by atoms with van der Waals surface area (Å²) < 4.78 is 0. The summed E-state index contributed by atoms with van der Waals surface area (Å²) in [5.74, 6) is -1.14. The average Bonchev–Trinajstić information content (AvgIpc) is 2.69. The summed E-state index contributed by atoms with van der Waals surface area (Å²) in [7, 11) is 0. The minimum atomic E-state index is -1.05. The van der Waals surface area contributed by atoms with Gasteiger partial charge in [-0.25, -0.2) is 0 Å². The molecule has 0 aromatic carbocycles. The summed E-state index contributed by atoms with van der Waals surface area (Å²) in [6.07, 6.45) is 0.897. The quantitative estimate of drug-likeness (QED) is 0.877.